The monoisotopic (exact) mass is 425 g/mol. The standard InChI is InChI=1S/C23H27N3O3S/c1-15-6-8-17(9-7-15)26-20(27)11-10-18(21(26)19-5-3-13-30-19)23(29)25-12-2-4-16(14-25)22(24)28/h3,5-9,13,16,18,21H,2,4,10-12,14H2,1H3,(H2,24,28). The van der Waals surface area contributed by atoms with Crippen molar-refractivity contribution in [1.82, 2.24) is 4.90 Å². The first-order valence-corrected chi connectivity index (χ1v) is 11.3. The van der Waals surface area contributed by atoms with Crippen molar-refractivity contribution in [1.29, 1.82) is 0 Å². The number of benzene rings is 1. The van der Waals surface area contributed by atoms with Crippen LogP contribution in [0, 0.1) is 18.8 Å². The van der Waals surface area contributed by atoms with E-state index < -0.39 is 0 Å². The second kappa shape index (κ2) is 8.60. The minimum Gasteiger partial charge on any atom is -0.369 e. The van der Waals surface area contributed by atoms with Crippen LogP contribution in [0.25, 0.3) is 0 Å². The molecule has 2 aromatic rings. The predicted molar refractivity (Wildman–Crippen MR) is 117 cm³/mol. The number of aryl methyl sites for hydroxylation is 1. The van der Waals surface area contributed by atoms with Crippen LogP contribution in [0.1, 0.15) is 42.2 Å². The van der Waals surface area contributed by atoms with Crippen molar-refractivity contribution in [2.24, 2.45) is 17.6 Å². The number of thiophene rings is 1. The Balaban J connectivity index is 1.68. The molecule has 3 amide bonds. The maximum Gasteiger partial charge on any atom is 0.228 e. The van der Waals surface area contributed by atoms with E-state index in [4.69, 9.17) is 5.73 Å². The fourth-order valence-electron chi connectivity index (χ4n) is 4.59. The summed E-state index contributed by atoms with van der Waals surface area (Å²) in [4.78, 5) is 42.9. The van der Waals surface area contributed by atoms with E-state index in [1.807, 2.05) is 48.7 Å². The number of piperidine rings is 2. The van der Waals surface area contributed by atoms with Gasteiger partial charge in [0.1, 0.15) is 0 Å². The number of carbonyl (C=O) groups excluding carboxylic acids is 3. The zero-order valence-electron chi connectivity index (χ0n) is 17.1. The number of rotatable bonds is 4. The molecule has 0 spiro atoms. The first kappa shape index (κ1) is 20.6. The lowest BCUT2D eigenvalue weighted by Crippen LogP contribution is -2.52. The molecule has 0 bridgehead atoms. The van der Waals surface area contributed by atoms with Gasteiger partial charge in [-0.25, -0.2) is 0 Å². The van der Waals surface area contributed by atoms with Crippen LogP contribution in [0.15, 0.2) is 41.8 Å². The smallest absolute Gasteiger partial charge is 0.228 e. The van der Waals surface area contributed by atoms with Crippen LogP contribution >= 0.6 is 11.3 Å². The number of primary amides is 1. The van der Waals surface area contributed by atoms with Gasteiger partial charge in [0.15, 0.2) is 0 Å². The second-order valence-electron chi connectivity index (χ2n) is 8.23. The van der Waals surface area contributed by atoms with E-state index in [1.54, 1.807) is 21.1 Å². The van der Waals surface area contributed by atoms with E-state index in [0.29, 0.717) is 25.9 Å². The third kappa shape index (κ3) is 3.99. The molecule has 0 saturated carbocycles. The van der Waals surface area contributed by atoms with Crippen molar-refractivity contribution in [3.8, 4) is 0 Å². The molecule has 2 aliphatic heterocycles. The first-order valence-electron chi connectivity index (χ1n) is 10.5. The fourth-order valence-corrected chi connectivity index (χ4v) is 5.47. The number of carbonyl (C=O) groups is 3. The van der Waals surface area contributed by atoms with Crippen molar-refractivity contribution in [3.05, 3.63) is 52.2 Å². The average molecular weight is 426 g/mol. The molecular weight excluding hydrogens is 398 g/mol. The van der Waals surface area contributed by atoms with Gasteiger partial charge in [-0.2, -0.15) is 0 Å². The zero-order valence-corrected chi connectivity index (χ0v) is 17.9. The van der Waals surface area contributed by atoms with Crippen molar-refractivity contribution in [3.63, 3.8) is 0 Å². The highest BCUT2D eigenvalue weighted by Gasteiger charge is 2.44. The quantitative estimate of drug-likeness (QED) is 0.816. The number of hydrogen-bond acceptors (Lipinski definition) is 4. The van der Waals surface area contributed by atoms with Crippen LogP contribution in [-0.4, -0.2) is 35.7 Å². The summed E-state index contributed by atoms with van der Waals surface area (Å²) in [6, 6.07) is 11.5. The minimum absolute atomic E-state index is 0.0176. The van der Waals surface area contributed by atoms with Gasteiger partial charge in [0.25, 0.3) is 0 Å². The molecule has 2 aliphatic rings. The number of nitrogens with two attached hydrogens (primary N) is 1. The molecule has 6 nitrogen and oxygen atoms in total. The molecule has 0 aliphatic carbocycles. The summed E-state index contributed by atoms with van der Waals surface area (Å²) in [5.41, 5.74) is 7.45. The minimum atomic E-state index is -0.345. The second-order valence-corrected chi connectivity index (χ2v) is 9.21. The first-order chi connectivity index (χ1) is 14.5. The van der Waals surface area contributed by atoms with Gasteiger partial charge >= 0.3 is 0 Å². The number of anilines is 1. The van der Waals surface area contributed by atoms with E-state index in [0.717, 1.165) is 29.0 Å². The molecule has 2 fully saturated rings. The number of amides is 3. The van der Waals surface area contributed by atoms with Crippen molar-refractivity contribution < 1.29 is 14.4 Å². The van der Waals surface area contributed by atoms with E-state index in [2.05, 4.69) is 0 Å². The maximum atomic E-state index is 13.6. The topological polar surface area (TPSA) is 83.7 Å². The van der Waals surface area contributed by atoms with Crippen LogP contribution in [0.4, 0.5) is 5.69 Å². The fraction of sp³-hybridized carbons (Fsp3) is 0.435. The molecule has 7 heteroatoms. The molecule has 30 heavy (non-hydrogen) atoms. The highest BCUT2D eigenvalue weighted by atomic mass is 32.1. The van der Waals surface area contributed by atoms with Crippen LogP contribution in [0.5, 0.6) is 0 Å². The third-order valence-corrected chi connectivity index (χ3v) is 7.14. The van der Waals surface area contributed by atoms with Gasteiger partial charge in [-0.1, -0.05) is 23.8 Å². The highest BCUT2D eigenvalue weighted by Crippen LogP contribution is 2.42. The molecule has 2 N–H and O–H groups in total. The average Bonchev–Trinajstić information content (AvgIpc) is 3.28. The predicted octanol–water partition coefficient (Wildman–Crippen LogP) is 3.26. The summed E-state index contributed by atoms with van der Waals surface area (Å²) >= 11 is 1.57. The Morgan fingerprint density at radius 2 is 1.90 bits per heavy atom. The van der Waals surface area contributed by atoms with Gasteiger partial charge in [-0.3, -0.25) is 14.4 Å². The largest absolute Gasteiger partial charge is 0.369 e. The summed E-state index contributed by atoms with van der Waals surface area (Å²) in [6.45, 7) is 3.02. The summed E-state index contributed by atoms with van der Waals surface area (Å²) in [5.74, 6) is -0.920. The highest BCUT2D eigenvalue weighted by molar-refractivity contribution is 7.10. The van der Waals surface area contributed by atoms with Crippen LogP contribution in [0.2, 0.25) is 0 Å². The Labute approximate surface area is 180 Å². The molecule has 3 unspecified atom stereocenters. The number of likely N-dealkylation sites (tertiary alicyclic amines) is 1. The van der Waals surface area contributed by atoms with Crippen LogP contribution in [0.3, 0.4) is 0 Å². The molecule has 0 radical (unpaired) electrons. The lowest BCUT2D eigenvalue weighted by Gasteiger charge is -2.43. The SMILES string of the molecule is Cc1ccc(N2C(=O)CCC(C(=O)N3CCCC(C(N)=O)C3)C2c2cccs2)cc1. The van der Waals surface area contributed by atoms with Crippen molar-refractivity contribution >= 4 is 34.7 Å². The Bertz CT molecular complexity index is 926. The van der Waals surface area contributed by atoms with Crippen LogP contribution < -0.4 is 10.6 Å². The molecule has 1 aromatic heterocycles. The Morgan fingerprint density at radius 1 is 1.13 bits per heavy atom. The van der Waals surface area contributed by atoms with Gasteiger partial charge < -0.3 is 15.5 Å². The Morgan fingerprint density at radius 3 is 2.57 bits per heavy atom. The normalized spacial score (nSPS) is 24.7. The van der Waals surface area contributed by atoms with Crippen molar-refractivity contribution in [2.75, 3.05) is 18.0 Å². The number of nitrogens with zero attached hydrogens (tertiary/aromatic N) is 2. The third-order valence-electron chi connectivity index (χ3n) is 6.20. The molecule has 2 saturated heterocycles. The van der Waals surface area contributed by atoms with E-state index in [1.165, 1.54) is 0 Å². The summed E-state index contributed by atoms with van der Waals surface area (Å²) < 4.78 is 0. The van der Waals surface area contributed by atoms with Gasteiger partial charge in [0.2, 0.25) is 17.7 Å². The molecule has 1 aromatic carbocycles. The summed E-state index contributed by atoms with van der Waals surface area (Å²) in [6.07, 6.45) is 2.35. The number of hydrogen-bond donors (Lipinski definition) is 1. The lowest BCUT2D eigenvalue weighted by molar-refractivity contribution is -0.141. The molecular formula is C23H27N3O3S. The summed E-state index contributed by atoms with van der Waals surface area (Å²) in [7, 11) is 0. The van der Waals surface area contributed by atoms with E-state index in [-0.39, 0.29) is 35.6 Å². The lowest BCUT2D eigenvalue weighted by atomic mass is 9.85. The van der Waals surface area contributed by atoms with Gasteiger partial charge in [0, 0.05) is 30.1 Å². The van der Waals surface area contributed by atoms with Gasteiger partial charge in [-0.05, 0) is 49.8 Å². The van der Waals surface area contributed by atoms with Gasteiger partial charge in [-0.15, -0.1) is 11.3 Å². The van der Waals surface area contributed by atoms with Gasteiger partial charge in [0.05, 0.1) is 17.9 Å². The Hall–Kier alpha value is -2.67. The zero-order chi connectivity index (χ0) is 21.3. The molecule has 4 rings (SSSR count). The molecule has 158 valence electrons. The molecule has 3 atom stereocenters. The van der Waals surface area contributed by atoms with E-state index >= 15 is 0 Å². The maximum absolute atomic E-state index is 13.6. The Kier molecular flexibility index (Phi) is 5.90. The molecule has 3 heterocycles. The summed E-state index contributed by atoms with van der Waals surface area (Å²) in [5, 5.41) is 1.98. The van der Waals surface area contributed by atoms with Crippen molar-refractivity contribution in [2.45, 2.75) is 38.6 Å². The van der Waals surface area contributed by atoms with Crippen LogP contribution in [-0.2, 0) is 14.4 Å². The van der Waals surface area contributed by atoms with E-state index in [9.17, 15) is 14.4 Å².